The molecule has 0 radical (unpaired) electrons. The lowest BCUT2D eigenvalue weighted by atomic mass is 9.96. The number of hydrogen-bond acceptors (Lipinski definition) is 3. The minimum absolute atomic E-state index is 0.109. The van der Waals surface area contributed by atoms with Crippen LogP contribution in [0.4, 0.5) is 13.2 Å². The van der Waals surface area contributed by atoms with Gasteiger partial charge in [-0.1, -0.05) is 25.1 Å². The van der Waals surface area contributed by atoms with E-state index in [1.54, 1.807) is 18.2 Å². The first-order valence-corrected chi connectivity index (χ1v) is 10.7. The molecule has 0 aliphatic rings. The highest BCUT2D eigenvalue weighted by molar-refractivity contribution is 6.01. The molecule has 3 aromatic carbocycles. The van der Waals surface area contributed by atoms with Crippen molar-refractivity contribution in [1.29, 1.82) is 0 Å². The molecule has 6 heteroatoms. The molecule has 170 valence electrons. The summed E-state index contributed by atoms with van der Waals surface area (Å²) < 4.78 is 44.1. The Labute approximate surface area is 186 Å². The number of Topliss-reactive ketones (excluding diaryl/α,β-unsaturated/α-hetero) is 1. The summed E-state index contributed by atoms with van der Waals surface area (Å²) >= 11 is 0. The number of halogens is 3. The molecule has 32 heavy (non-hydrogen) atoms. The fourth-order valence-corrected chi connectivity index (χ4v) is 3.50. The van der Waals surface area contributed by atoms with Crippen molar-refractivity contribution in [3.63, 3.8) is 0 Å². The van der Waals surface area contributed by atoms with Crippen LogP contribution in [0.1, 0.15) is 42.1 Å². The van der Waals surface area contributed by atoms with Crippen molar-refractivity contribution >= 4 is 16.6 Å². The lowest BCUT2D eigenvalue weighted by Gasteiger charge is -2.15. The van der Waals surface area contributed by atoms with Gasteiger partial charge in [-0.05, 0) is 87.3 Å². The minimum Gasteiger partial charge on any atom is -0.457 e. The Bertz CT molecular complexity index is 1060. The molecule has 0 unspecified atom stereocenters. The highest BCUT2D eigenvalue weighted by atomic mass is 19.4. The zero-order valence-corrected chi connectivity index (χ0v) is 18.6. The summed E-state index contributed by atoms with van der Waals surface area (Å²) in [4.78, 5) is 14.8. The Kier molecular flexibility index (Phi) is 7.56. The quantitative estimate of drug-likeness (QED) is 0.328. The number of benzene rings is 3. The number of fused-ring (bicyclic) bond motifs is 1. The third-order valence-corrected chi connectivity index (χ3v) is 5.51. The van der Waals surface area contributed by atoms with Gasteiger partial charge in [-0.3, -0.25) is 4.79 Å². The Balaban J connectivity index is 1.70. The number of rotatable bonds is 9. The number of carbonyl (C=O) groups is 1. The molecule has 0 bridgehead atoms. The number of ether oxygens (including phenoxy) is 1. The lowest BCUT2D eigenvalue weighted by Crippen LogP contribution is -2.16. The first-order chi connectivity index (χ1) is 15.1. The fraction of sp³-hybridized carbons (Fsp3) is 0.346. The number of nitrogens with zero attached hydrogens (tertiary/aromatic N) is 1. The molecular formula is C26H28F3NO2. The van der Waals surface area contributed by atoms with Crippen LogP contribution in [-0.4, -0.2) is 31.3 Å². The molecule has 0 N–H and O–H groups in total. The predicted octanol–water partition coefficient (Wildman–Crippen LogP) is 7.20. The molecule has 0 heterocycles. The van der Waals surface area contributed by atoms with Crippen molar-refractivity contribution in [2.24, 2.45) is 5.92 Å². The van der Waals surface area contributed by atoms with Gasteiger partial charge in [0.15, 0.2) is 5.78 Å². The van der Waals surface area contributed by atoms with Crippen LogP contribution in [0, 0.1) is 5.92 Å². The van der Waals surface area contributed by atoms with Crippen LogP contribution in [0.5, 0.6) is 11.5 Å². The van der Waals surface area contributed by atoms with Gasteiger partial charge in [0.1, 0.15) is 11.5 Å². The third-order valence-electron chi connectivity index (χ3n) is 5.51. The van der Waals surface area contributed by atoms with Crippen molar-refractivity contribution < 1.29 is 22.7 Å². The zero-order chi connectivity index (χ0) is 23.3. The van der Waals surface area contributed by atoms with Crippen molar-refractivity contribution in [2.75, 3.05) is 20.6 Å². The summed E-state index contributed by atoms with van der Waals surface area (Å²) in [5.41, 5.74) is -0.0639. The summed E-state index contributed by atoms with van der Waals surface area (Å²) in [5.74, 6) is 1.43. The number of hydrogen-bond donors (Lipinski definition) is 0. The summed E-state index contributed by atoms with van der Waals surface area (Å²) in [5, 5.41) is 1.64. The number of carbonyl (C=O) groups excluding carboxylic acids is 1. The molecule has 0 saturated heterocycles. The maximum Gasteiger partial charge on any atom is 0.416 e. The van der Waals surface area contributed by atoms with E-state index in [0.717, 1.165) is 42.3 Å². The van der Waals surface area contributed by atoms with Crippen LogP contribution in [0.2, 0.25) is 0 Å². The molecule has 0 amide bonds. The second kappa shape index (κ2) is 10.2. The lowest BCUT2D eigenvalue weighted by molar-refractivity contribution is -0.137. The normalized spacial score (nSPS) is 12.8. The monoisotopic (exact) mass is 443 g/mol. The van der Waals surface area contributed by atoms with Gasteiger partial charge in [-0.2, -0.15) is 13.2 Å². The maximum absolute atomic E-state index is 12.8. The van der Waals surface area contributed by atoms with E-state index in [1.165, 1.54) is 12.1 Å². The van der Waals surface area contributed by atoms with Gasteiger partial charge < -0.3 is 9.64 Å². The van der Waals surface area contributed by atoms with Crippen molar-refractivity contribution in [2.45, 2.75) is 32.4 Å². The Morgan fingerprint density at radius 3 is 2.38 bits per heavy atom. The van der Waals surface area contributed by atoms with Crippen molar-refractivity contribution in [3.8, 4) is 11.5 Å². The highest BCUT2D eigenvalue weighted by Gasteiger charge is 2.30. The van der Waals surface area contributed by atoms with Crippen molar-refractivity contribution in [3.05, 3.63) is 71.8 Å². The number of ketones is 1. The Morgan fingerprint density at radius 2 is 1.72 bits per heavy atom. The average molecular weight is 444 g/mol. The summed E-state index contributed by atoms with van der Waals surface area (Å²) in [6, 6.07) is 15.5. The molecule has 0 aliphatic heterocycles. The molecular weight excluding hydrogens is 415 g/mol. The molecule has 3 aromatic rings. The first kappa shape index (κ1) is 23.8. The van der Waals surface area contributed by atoms with Gasteiger partial charge in [0.05, 0.1) is 5.56 Å². The van der Waals surface area contributed by atoms with E-state index in [9.17, 15) is 18.0 Å². The zero-order valence-electron chi connectivity index (χ0n) is 18.6. The van der Waals surface area contributed by atoms with E-state index in [2.05, 4.69) is 11.8 Å². The van der Waals surface area contributed by atoms with Gasteiger partial charge in [0.25, 0.3) is 0 Å². The van der Waals surface area contributed by atoms with Crippen LogP contribution in [0.15, 0.2) is 60.7 Å². The smallest absolute Gasteiger partial charge is 0.416 e. The average Bonchev–Trinajstić information content (AvgIpc) is 2.75. The van der Waals surface area contributed by atoms with Gasteiger partial charge in [-0.15, -0.1) is 0 Å². The Hall–Kier alpha value is -2.86. The molecule has 0 spiro atoms. The van der Waals surface area contributed by atoms with Crippen LogP contribution >= 0.6 is 0 Å². The maximum atomic E-state index is 12.8. The molecule has 0 saturated carbocycles. The molecule has 0 aliphatic carbocycles. The SMILES string of the molecule is C[C@@H](CCC(=O)c1ccc2c(Oc3ccc(C(F)(F)F)cc3)cccc2c1)CCN(C)C. The van der Waals surface area contributed by atoms with Crippen LogP contribution < -0.4 is 4.74 Å². The van der Waals surface area contributed by atoms with Gasteiger partial charge in [0, 0.05) is 17.4 Å². The van der Waals surface area contributed by atoms with E-state index < -0.39 is 11.7 Å². The highest BCUT2D eigenvalue weighted by Crippen LogP contribution is 2.34. The van der Waals surface area contributed by atoms with Crippen LogP contribution in [0.3, 0.4) is 0 Å². The summed E-state index contributed by atoms with van der Waals surface area (Å²) in [6.07, 6.45) is -1.97. The van der Waals surface area contributed by atoms with Gasteiger partial charge >= 0.3 is 6.18 Å². The van der Waals surface area contributed by atoms with Gasteiger partial charge in [-0.25, -0.2) is 0 Å². The van der Waals surface area contributed by atoms with E-state index in [4.69, 9.17) is 4.74 Å². The fourth-order valence-electron chi connectivity index (χ4n) is 3.50. The second-order valence-electron chi connectivity index (χ2n) is 8.48. The number of alkyl halides is 3. The minimum atomic E-state index is -4.38. The second-order valence-corrected chi connectivity index (χ2v) is 8.48. The van der Waals surface area contributed by atoms with E-state index in [-0.39, 0.29) is 5.78 Å². The van der Waals surface area contributed by atoms with E-state index >= 15 is 0 Å². The van der Waals surface area contributed by atoms with Crippen molar-refractivity contribution in [1.82, 2.24) is 4.90 Å². The summed E-state index contributed by atoms with van der Waals surface area (Å²) in [7, 11) is 4.09. The molecule has 0 fully saturated rings. The predicted molar refractivity (Wildman–Crippen MR) is 121 cm³/mol. The molecule has 0 aromatic heterocycles. The van der Waals surface area contributed by atoms with E-state index in [1.807, 2.05) is 32.3 Å². The molecule has 1 atom stereocenters. The topological polar surface area (TPSA) is 29.5 Å². The molecule has 3 nitrogen and oxygen atoms in total. The largest absolute Gasteiger partial charge is 0.457 e. The standard InChI is InChI=1S/C26H28F3NO2/c1-18(15-16-30(2)3)7-14-24(31)20-8-13-23-19(17-20)5-4-6-25(23)32-22-11-9-21(10-12-22)26(27,28)29/h4-6,8-13,17-18H,7,14-16H2,1-3H3/t18-/m0/s1. The van der Waals surface area contributed by atoms with Crippen LogP contribution in [0.25, 0.3) is 10.8 Å². The first-order valence-electron chi connectivity index (χ1n) is 10.7. The van der Waals surface area contributed by atoms with Crippen LogP contribution in [-0.2, 0) is 6.18 Å². The third kappa shape index (κ3) is 6.33. The summed E-state index contributed by atoms with van der Waals surface area (Å²) in [6.45, 7) is 3.18. The molecule has 3 rings (SSSR count). The Morgan fingerprint density at radius 1 is 1.00 bits per heavy atom. The van der Waals surface area contributed by atoms with E-state index in [0.29, 0.717) is 29.4 Å². The van der Waals surface area contributed by atoms with Gasteiger partial charge in [0.2, 0.25) is 0 Å².